The largest absolute Gasteiger partial charge is 0.489 e. The standard InChI is InChI=1S/C19H19ClO5/c20-16-5-3-4-13(19(16)25-12-15-10-22-15)8-23-17-6-1-2-7-18(17)24-11-14-9-21-14/h1-7,14-15H,8-12H2. The lowest BCUT2D eigenvalue weighted by Gasteiger charge is -2.15. The van der Waals surface area contributed by atoms with Crippen molar-refractivity contribution in [3.8, 4) is 17.2 Å². The molecule has 6 heteroatoms. The van der Waals surface area contributed by atoms with Crippen molar-refractivity contribution in [3.63, 3.8) is 0 Å². The summed E-state index contributed by atoms with van der Waals surface area (Å²) in [4.78, 5) is 0. The van der Waals surface area contributed by atoms with Crippen molar-refractivity contribution in [2.24, 2.45) is 0 Å². The van der Waals surface area contributed by atoms with Crippen LogP contribution in [0.5, 0.6) is 17.2 Å². The fourth-order valence-electron chi connectivity index (χ4n) is 2.36. The van der Waals surface area contributed by atoms with Crippen molar-refractivity contribution < 1.29 is 23.7 Å². The van der Waals surface area contributed by atoms with E-state index in [0.717, 1.165) is 18.8 Å². The Morgan fingerprint density at radius 3 is 2.16 bits per heavy atom. The lowest BCUT2D eigenvalue weighted by Crippen LogP contribution is -2.08. The van der Waals surface area contributed by atoms with E-state index in [-0.39, 0.29) is 12.2 Å². The van der Waals surface area contributed by atoms with E-state index in [1.807, 2.05) is 36.4 Å². The summed E-state index contributed by atoms with van der Waals surface area (Å²) >= 11 is 6.28. The molecule has 0 radical (unpaired) electrons. The van der Waals surface area contributed by atoms with Crippen molar-refractivity contribution in [2.75, 3.05) is 26.4 Å². The Morgan fingerprint density at radius 2 is 1.48 bits per heavy atom. The predicted molar refractivity (Wildman–Crippen MR) is 92.7 cm³/mol. The third-order valence-corrected chi connectivity index (χ3v) is 4.22. The maximum Gasteiger partial charge on any atom is 0.161 e. The zero-order valence-electron chi connectivity index (χ0n) is 13.7. The van der Waals surface area contributed by atoms with Gasteiger partial charge in [-0.05, 0) is 18.2 Å². The molecule has 4 rings (SSSR count). The molecule has 2 atom stereocenters. The quantitative estimate of drug-likeness (QED) is 0.639. The maximum absolute atomic E-state index is 6.28. The summed E-state index contributed by atoms with van der Waals surface area (Å²) in [5.41, 5.74) is 0.883. The lowest BCUT2D eigenvalue weighted by molar-refractivity contribution is 0.231. The summed E-state index contributed by atoms with van der Waals surface area (Å²) in [7, 11) is 0. The molecular formula is C19H19ClO5. The second kappa shape index (κ2) is 7.52. The van der Waals surface area contributed by atoms with Crippen LogP contribution in [0.4, 0.5) is 0 Å². The zero-order chi connectivity index (χ0) is 17.1. The molecule has 2 aliphatic heterocycles. The van der Waals surface area contributed by atoms with Crippen LogP contribution < -0.4 is 14.2 Å². The molecule has 2 aromatic carbocycles. The van der Waals surface area contributed by atoms with Crippen LogP contribution in [-0.4, -0.2) is 38.6 Å². The van der Waals surface area contributed by atoms with Crippen molar-refractivity contribution in [1.29, 1.82) is 0 Å². The average Bonchev–Trinajstić information content (AvgIpc) is 3.53. The molecule has 0 aromatic heterocycles. The molecule has 0 N–H and O–H groups in total. The molecular weight excluding hydrogens is 344 g/mol. The molecule has 2 unspecified atom stereocenters. The van der Waals surface area contributed by atoms with Gasteiger partial charge in [0.05, 0.1) is 18.2 Å². The summed E-state index contributed by atoms with van der Waals surface area (Å²) < 4.78 is 27.9. The smallest absolute Gasteiger partial charge is 0.161 e. The van der Waals surface area contributed by atoms with Crippen molar-refractivity contribution in [1.82, 2.24) is 0 Å². The van der Waals surface area contributed by atoms with Crippen LogP contribution in [0.15, 0.2) is 42.5 Å². The Hall–Kier alpha value is -1.95. The van der Waals surface area contributed by atoms with E-state index < -0.39 is 0 Å². The second-order valence-electron chi connectivity index (χ2n) is 6.00. The van der Waals surface area contributed by atoms with Crippen LogP contribution in [0.1, 0.15) is 5.56 Å². The monoisotopic (exact) mass is 362 g/mol. The zero-order valence-corrected chi connectivity index (χ0v) is 14.4. The molecule has 2 aliphatic rings. The van der Waals surface area contributed by atoms with Gasteiger partial charge in [0, 0.05) is 5.56 Å². The highest BCUT2D eigenvalue weighted by Gasteiger charge is 2.25. The number of para-hydroxylation sites is 3. The summed E-state index contributed by atoms with van der Waals surface area (Å²) in [6.07, 6.45) is 0.370. The Bertz CT molecular complexity index is 728. The molecule has 0 aliphatic carbocycles. The number of ether oxygens (including phenoxy) is 5. The summed E-state index contributed by atoms with van der Waals surface area (Å²) in [6.45, 7) is 2.87. The summed E-state index contributed by atoms with van der Waals surface area (Å²) in [5.74, 6) is 2.03. The SMILES string of the molecule is Clc1cccc(COc2ccccc2OCC2CO2)c1OCC1CO1. The van der Waals surface area contributed by atoms with Crippen LogP contribution >= 0.6 is 11.6 Å². The Kier molecular flexibility index (Phi) is 4.97. The van der Waals surface area contributed by atoms with E-state index in [9.17, 15) is 0 Å². The lowest BCUT2D eigenvalue weighted by atomic mass is 10.2. The van der Waals surface area contributed by atoms with Crippen LogP contribution in [0.3, 0.4) is 0 Å². The van der Waals surface area contributed by atoms with Gasteiger partial charge in [-0.2, -0.15) is 0 Å². The van der Waals surface area contributed by atoms with Gasteiger partial charge in [-0.1, -0.05) is 35.9 Å². The van der Waals surface area contributed by atoms with E-state index in [2.05, 4.69) is 0 Å². The first-order valence-corrected chi connectivity index (χ1v) is 8.65. The number of benzene rings is 2. The van der Waals surface area contributed by atoms with Gasteiger partial charge in [0.15, 0.2) is 11.5 Å². The molecule has 132 valence electrons. The van der Waals surface area contributed by atoms with Crippen LogP contribution in [0.25, 0.3) is 0 Å². The fourth-order valence-corrected chi connectivity index (χ4v) is 2.61. The molecule has 5 nitrogen and oxygen atoms in total. The van der Waals surface area contributed by atoms with Gasteiger partial charge in [0.2, 0.25) is 0 Å². The Morgan fingerprint density at radius 1 is 0.840 bits per heavy atom. The van der Waals surface area contributed by atoms with E-state index in [1.165, 1.54) is 0 Å². The van der Waals surface area contributed by atoms with Crippen LogP contribution in [0, 0.1) is 0 Å². The van der Waals surface area contributed by atoms with Gasteiger partial charge in [-0.3, -0.25) is 0 Å². The highest BCUT2D eigenvalue weighted by Crippen LogP contribution is 2.33. The predicted octanol–water partition coefficient (Wildman–Crippen LogP) is 3.47. The van der Waals surface area contributed by atoms with E-state index in [0.29, 0.717) is 42.1 Å². The van der Waals surface area contributed by atoms with E-state index in [1.54, 1.807) is 6.07 Å². The highest BCUT2D eigenvalue weighted by molar-refractivity contribution is 6.32. The first-order valence-electron chi connectivity index (χ1n) is 8.27. The van der Waals surface area contributed by atoms with Gasteiger partial charge in [-0.15, -0.1) is 0 Å². The van der Waals surface area contributed by atoms with Crippen LogP contribution in [-0.2, 0) is 16.1 Å². The minimum atomic E-state index is 0.170. The number of epoxide rings is 2. The number of halogens is 1. The number of hydrogen-bond donors (Lipinski definition) is 0. The van der Waals surface area contributed by atoms with E-state index in [4.69, 9.17) is 35.3 Å². The third-order valence-electron chi connectivity index (χ3n) is 3.92. The second-order valence-corrected chi connectivity index (χ2v) is 6.40. The molecule has 2 heterocycles. The van der Waals surface area contributed by atoms with E-state index >= 15 is 0 Å². The number of hydrogen-bond acceptors (Lipinski definition) is 5. The van der Waals surface area contributed by atoms with Gasteiger partial charge in [-0.25, -0.2) is 0 Å². The molecule has 0 spiro atoms. The normalized spacial score (nSPS) is 20.8. The summed E-state index contributed by atoms with van der Waals surface area (Å²) in [6, 6.07) is 13.2. The van der Waals surface area contributed by atoms with Gasteiger partial charge in [0.1, 0.15) is 37.8 Å². The minimum Gasteiger partial charge on any atom is -0.489 e. The first-order chi connectivity index (χ1) is 12.3. The first kappa shape index (κ1) is 16.5. The number of rotatable bonds is 9. The minimum absolute atomic E-state index is 0.170. The molecule has 25 heavy (non-hydrogen) atoms. The molecule has 0 amide bonds. The molecule has 2 aromatic rings. The van der Waals surface area contributed by atoms with Crippen LogP contribution in [0.2, 0.25) is 5.02 Å². The molecule has 0 saturated carbocycles. The molecule has 2 saturated heterocycles. The van der Waals surface area contributed by atoms with Crippen molar-refractivity contribution in [2.45, 2.75) is 18.8 Å². The fraction of sp³-hybridized carbons (Fsp3) is 0.368. The summed E-state index contributed by atoms with van der Waals surface area (Å²) in [5, 5.41) is 0.567. The molecule has 0 bridgehead atoms. The van der Waals surface area contributed by atoms with Crippen molar-refractivity contribution in [3.05, 3.63) is 53.1 Å². The topological polar surface area (TPSA) is 52.8 Å². The highest BCUT2D eigenvalue weighted by atomic mass is 35.5. The van der Waals surface area contributed by atoms with Crippen molar-refractivity contribution >= 4 is 11.6 Å². The van der Waals surface area contributed by atoms with Gasteiger partial charge in [0.25, 0.3) is 0 Å². The third kappa shape index (κ3) is 4.57. The maximum atomic E-state index is 6.28. The van der Waals surface area contributed by atoms with Gasteiger partial charge >= 0.3 is 0 Å². The Labute approximate surface area is 151 Å². The Balaban J connectivity index is 1.42. The molecule has 2 fully saturated rings. The average molecular weight is 363 g/mol. The van der Waals surface area contributed by atoms with Gasteiger partial charge < -0.3 is 23.7 Å².